The first-order chi connectivity index (χ1) is 14.6. The van der Waals surface area contributed by atoms with Crippen LogP contribution in [0, 0.1) is 5.82 Å². The van der Waals surface area contributed by atoms with Gasteiger partial charge in [0.15, 0.2) is 10.1 Å². The third-order valence-electron chi connectivity index (χ3n) is 3.71. The molecule has 1 aromatic carbocycles. The molecule has 31 heavy (non-hydrogen) atoms. The number of pyridine rings is 2. The lowest BCUT2D eigenvalue weighted by atomic mass is 10.3. The van der Waals surface area contributed by atoms with Crippen molar-refractivity contribution in [2.45, 2.75) is 5.51 Å². The number of rotatable bonds is 3. The van der Waals surface area contributed by atoms with E-state index in [1.54, 1.807) is 23.0 Å². The van der Waals surface area contributed by atoms with Crippen molar-refractivity contribution in [1.29, 1.82) is 0 Å². The first-order valence-corrected chi connectivity index (χ1v) is 9.83. The molecule has 0 aliphatic rings. The van der Waals surface area contributed by atoms with E-state index in [-0.39, 0.29) is 5.82 Å². The summed E-state index contributed by atoms with van der Waals surface area (Å²) in [5.41, 5.74) is -4.16. The quantitative estimate of drug-likeness (QED) is 0.221. The van der Waals surface area contributed by atoms with Crippen LogP contribution in [-0.4, -0.2) is 33.2 Å². The van der Waals surface area contributed by atoms with Crippen molar-refractivity contribution < 1.29 is 34.9 Å². The second-order valence-electron chi connectivity index (χ2n) is 5.89. The SMILES string of the molecule is Fc1cccc(Nc2nn(-c3ccccn3)c3cccc[n+]23)c1.O=S(=O)([O-])C(F)(F)F. The smallest absolute Gasteiger partial charge is 0.485 e. The molecule has 8 nitrogen and oxygen atoms in total. The average Bonchev–Trinajstić information content (AvgIpc) is 3.06. The zero-order chi connectivity index (χ0) is 22.6. The highest BCUT2D eigenvalue weighted by Crippen LogP contribution is 2.20. The van der Waals surface area contributed by atoms with Crippen molar-refractivity contribution in [3.63, 3.8) is 0 Å². The molecule has 3 heterocycles. The zero-order valence-corrected chi connectivity index (χ0v) is 16.2. The van der Waals surface area contributed by atoms with Crippen molar-refractivity contribution in [2.75, 3.05) is 5.32 Å². The van der Waals surface area contributed by atoms with E-state index in [4.69, 9.17) is 13.0 Å². The van der Waals surface area contributed by atoms with E-state index in [9.17, 15) is 17.6 Å². The number of hydrogen-bond acceptors (Lipinski definition) is 6. The number of nitrogens with one attached hydrogen (secondary N) is 1. The highest BCUT2D eigenvalue weighted by molar-refractivity contribution is 7.86. The number of fused-ring (bicyclic) bond motifs is 1. The van der Waals surface area contributed by atoms with Gasteiger partial charge in [0.1, 0.15) is 5.82 Å². The molecule has 3 aromatic heterocycles. The van der Waals surface area contributed by atoms with Gasteiger partial charge in [0.05, 0.1) is 11.9 Å². The summed E-state index contributed by atoms with van der Waals surface area (Å²) in [6.45, 7) is 0. The minimum atomic E-state index is -6.09. The topological polar surface area (TPSA) is 104 Å². The fraction of sp³-hybridized carbons (Fsp3) is 0.0556. The molecule has 13 heteroatoms. The standard InChI is InChI=1S/C17H13FN5.CHF3O3S/c18-13-6-5-7-14(12-13)20-17-21-23(15-8-1-3-10-19-15)16-9-2-4-11-22(16)17;2-1(3,4)8(5,6)7/h1-12H,(H,20,21);(H,5,6,7)/q+1;/p-1. The van der Waals surface area contributed by atoms with Crippen LogP contribution >= 0.6 is 0 Å². The number of halogens is 4. The van der Waals surface area contributed by atoms with Gasteiger partial charge in [0.25, 0.3) is 0 Å². The Morgan fingerprint density at radius 1 is 1.03 bits per heavy atom. The Balaban J connectivity index is 0.000000293. The molecule has 4 aromatic rings. The van der Waals surface area contributed by atoms with Crippen LogP contribution in [0.25, 0.3) is 11.5 Å². The average molecular weight is 455 g/mol. The Morgan fingerprint density at radius 3 is 2.35 bits per heavy atom. The third kappa shape index (κ3) is 5.32. The molecule has 0 fully saturated rings. The predicted octanol–water partition coefficient (Wildman–Crippen LogP) is 2.94. The summed E-state index contributed by atoms with van der Waals surface area (Å²) < 4.78 is 75.9. The third-order valence-corrected chi connectivity index (χ3v) is 4.28. The van der Waals surface area contributed by atoms with Crippen molar-refractivity contribution >= 4 is 27.4 Å². The van der Waals surface area contributed by atoms with Gasteiger partial charge >= 0.3 is 11.5 Å². The molecular weight excluding hydrogens is 442 g/mol. The van der Waals surface area contributed by atoms with Gasteiger partial charge < -0.3 is 4.55 Å². The molecule has 1 N–H and O–H groups in total. The minimum Gasteiger partial charge on any atom is -0.741 e. The van der Waals surface area contributed by atoms with E-state index >= 15 is 0 Å². The van der Waals surface area contributed by atoms with Crippen LogP contribution in [0.2, 0.25) is 0 Å². The summed E-state index contributed by atoms with van der Waals surface area (Å²) in [6, 6.07) is 17.7. The molecule has 0 unspecified atom stereocenters. The maximum Gasteiger partial charge on any atom is 0.485 e. The van der Waals surface area contributed by atoms with E-state index in [1.165, 1.54) is 12.1 Å². The van der Waals surface area contributed by atoms with Crippen LogP contribution in [-0.2, 0) is 10.1 Å². The Kier molecular flexibility index (Phi) is 6.17. The zero-order valence-electron chi connectivity index (χ0n) is 15.4. The number of hydrogen-bond donors (Lipinski definition) is 1. The van der Waals surface area contributed by atoms with E-state index in [2.05, 4.69) is 15.4 Å². The van der Waals surface area contributed by atoms with Crippen LogP contribution < -0.4 is 9.72 Å². The van der Waals surface area contributed by atoms with Gasteiger partial charge in [-0.05, 0) is 30.3 Å². The second kappa shape index (κ2) is 8.65. The van der Waals surface area contributed by atoms with Crippen molar-refractivity contribution in [3.05, 3.63) is 78.9 Å². The maximum absolute atomic E-state index is 13.4. The first kappa shape index (κ1) is 22.1. The van der Waals surface area contributed by atoms with E-state index in [0.717, 1.165) is 5.65 Å². The molecule has 0 saturated heterocycles. The molecule has 4 rings (SSSR count). The number of aromatic nitrogens is 4. The fourth-order valence-electron chi connectivity index (χ4n) is 2.41. The van der Waals surface area contributed by atoms with Gasteiger partial charge in [-0.3, -0.25) is 5.32 Å². The fourth-order valence-corrected chi connectivity index (χ4v) is 2.41. The molecule has 162 valence electrons. The number of anilines is 2. The van der Waals surface area contributed by atoms with Crippen LogP contribution in [0.4, 0.5) is 29.2 Å². The number of benzene rings is 1. The Labute approximate surface area is 173 Å². The lowest BCUT2D eigenvalue weighted by Crippen LogP contribution is -2.22. The molecule has 0 radical (unpaired) electrons. The number of nitrogens with zero attached hydrogens (tertiary/aromatic N) is 4. The summed E-state index contributed by atoms with van der Waals surface area (Å²) in [6.07, 6.45) is 3.61. The summed E-state index contributed by atoms with van der Waals surface area (Å²) >= 11 is 0. The summed E-state index contributed by atoms with van der Waals surface area (Å²) in [7, 11) is -6.09. The van der Waals surface area contributed by atoms with Crippen molar-refractivity contribution in [2.24, 2.45) is 0 Å². The van der Waals surface area contributed by atoms with E-state index in [1.807, 2.05) is 47.0 Å². The van der Waals surface area contributed by atoms with E-state index in [0.29, 0.717) is 17.5 Å². The lowest BCUT2D eigenvalue weighted by Gasteiger charge is -2.08. The molecule has 0 spiro atoms. The highest BCUT2D eigenvalue weighted by Gasteiger charge is 2.36. The van der Waals surface area contributed by atoms with Crippen LogP contribution in [0.5, 0.6) is 0 Å². The molecule has 0 aliphatic carbocycles. The molecular formula is C18H13F4N5O3S. The largest absolute Gasteiger partial charge is 0.741 e. The monoisotopic (exact) mass is 455 g/mol. The van der Waals surface area contributed by atoms with Crippen molar-refractivity contribution in [3.8, 4) is 5.82 Å². The van der Waals surface area contributed by atoms with Gasteiger partial charge in [-0.2, -0.15) is 17.6 Å². The highest BCUT2D eigenvalue weighted by atomic mass is 32.2. The number of alkyl halides is 3. The minimum absolute atomic E-state index is 0.298. The van der Waals surface area contributed by atoms with Gasteiger partial charge in [0.2, 0.25) is 11.5 Å². The van der Waals surface area contributed by atoms with Crippen molar-refractivity contribution in [1.82, 2.24) is 14.8 Å². The van der Waals surface area contributed by atoms with Gasteiger partial charge in [0, 0.05) is 23.4 Å². The van der Waals surface area contributed by atoms with E-state index < -0.39 is 15.6 Å². The van der Waals surface area contributed by atoms with Crippen LogP contribution in [0.1, 0.15) is 0 Å². The predicted molar refractivity (Wildman–Crippen MR) is 100.0 cm³/mol. The molecule has 0 amide bonds. The van der Waals surface area contributed by atoms with Gasteiger partial charge in [-0.1, -0.05) is 22.9 Å². The second-order valence-corrected chi connectivity index (χ2v) is 7.26. The van der Waals surface area contributed by atoms with Gasteiger partial charge in [-0.25, -0.2) is 17.8 Å². The summed E-state index contributed by atoms with van der Waals surface area (Å²) in [5, 5.41) is 7.71. The lowest BCUT2D eigenvalue weighted by molar-refractivity contribution is -0.496. The van der Waals surface area contributed by atoms with Gasteiger partial charge in [-0.15, -0.1) is 0 Å². The summed E-state index contributed by atoms with van der Waals surface area (Å²) in [4.78, 5) is 4.33. The van der Waals surface area contributed by atoms with Crippen LogP contribution in [0.15, 0.2) is 73.1 Å². The molecule has 0 bridgehead atoms. The Morgan fingerprint density at radius 2 is 1.74 bits per heavy atom. The maximum atomic E-state index is 13.4. The first-order valence-electron chi connectivity index (χ1n) is 8.42. The molecule has 0 saturated carbocycles. The molecule has 0 atom stereocenters. The normalized spacial score (nSPS) is 11.6. The Bertz CT molecular complexity index is 1290. The van der Waals surface area contributed by atoms with Crippen LogP contribution in [0.3, 0.4) is 0 Å². The molecule has 0 aliphatic heterocycles. The Hall–Kier alpha value is -3.58. The summed E-state index contributed by atoms with van der Waals surface area (Å²) in [5.74, 6) is 0.994.